The Bertz CT molecular complexity index is 803. The van der Waals surface area contributed by atoms with Gasteiger partial charge in [0.2, 0.25) is 11.8 Å². The molecular formula is C21H23FN2O2. The molecule has 2 aromatic rings. The number of fused-ring (bicyclic) bond motifs is 1. The van der Waals surface area contributed by atoms with E-state index in [4.69, 9.17) is 0 Å². The predicted molar refractivity (Wildman–Crippen MR) is 99.1 cm³/mol. The van der Waals surface area contributed by atoms with Crippen LogP contribution in [0.1, 0.15) is 43.9 Å². The Kier molecular flexibility index (Phi) is 5.35. The molecule has 0 unspecified atom stereocenters. The molecule has 2 amide bonds. The van der Waals surface area contributed by atoms with Crippen LogP contribution in [0.4, 0.5) is 10.1 Å². The molecule has 0 aromatic heterocycles. The van der Waals surface area contributed by atoms with Crippen LogP contribution in [0.25, 0.3) is 0 Å². The summed E-state index contributed by atoms with van der Waals surface area (Å²) in [4.78, 5) is 27.2. The summed E-state index contributed by atoms with van der Waals surface area (Å²) in [6, 6.07) is 13.2. The van der Waals surface area contributed by atoms with E-state index in [0.29, 0.717) is 24.1 Å². The summed E-state index contributed by atoms with van der Waals surface area (Å²) in [6.07, 6.45) is 1.40. The SMILES string of the molecule is CCC(CC)C(=O)N1CC(=O)Nc2ccc(F)cc2[C@@H]1c1ccccc1. The number of amides is 2. The molecule has 1 atom stereocenters. The van der Waals surface area contributed by atoms with Crippen LogP contribution in [0, 0.1) is 11.7 Å². The van der Waals surface area contributed by atoms with Crippen molar-refractivity contribution in [3.05, 3.63) is 65.5 Å². The van der Waals surface area contributed by atoms with Crippen molar-refractivity contribution < 1.29 is 14.0 Å². The van der Waals surface area contributed by atoms with Crippen LogP contribution in [0.2, 0.25) is 0 Å². The van der Waals surface area contributed by atoms with Gasteiger partial charge in [-0.1, -0.05) is 44.2 Å². The van der Waals surface area contributed by atoms with E-state index in [1.807, 2.05) is 44.2 Å². The molecule has 2 aromatic carbocycles. The average Bonchev–Trinajstić information content (AvgIpc) is 2.79. The molecule has 0 fully saturated rings. The van der Waals surface area contributed by atoms with E-state index in [1.165, 1.54) is 12.1 Å². The van der Waals surface area contributed by atoms with Crippen LogP contribution >= 0.6 is 0 Å². The first-order chi connectivity index (χ1) is 12.5. The van der Waals surface area contributed by atoms with Gasteiger partial charge in [-0.2, -0.15) is 0 Å². The second-order valence-corrected chi connectivity index (χ2v) is 6.57. The van der Waals surface area contributed by atoms with Crippen LogP contribution < -0.4 is 5.32 Å². The number of rotatable bonds is 4. The minimum Gasteiger partial charge on any atom is -0.324 e. The van der Waals surface area contributed by atoms with E-state index in [1.54, 1.807) is 11.0 Å². The number of carbonyl (C=O) groups is 2. The van der Waals surface area contributed by atoms with Crippen molar-refractivity contribution >= 4 is 17.5 Å². The molecule has 0 spiro atoms. The van der Waals surface area contributed by atoms with E-state index >= 15 is 0 Å². The molecular weight excluding hydrogens is 331 g/mol. The minimum atomic E-state index is -0.506. The molecule has 136 valence electrons. The Morgan fingerprint density at radius 2 is 1.88 bits per heavy atom. The molecule has 0 aliphatic carbocycles. The lowest BCUT2D eigenvalue weighted by atomic mass is 9.93. The van der Waals surface area contributed by atoms with Crippen LogP contribution in [-0.2, 0) is 9.59 Å². The van der Waals surface area contributed by atoms with E-state index in [0.717, 1.165) is 5.56 Å². The Hall–Kier alpha value is -2.69. The van der Waals surface area contributed by atoms with Crippen molar-refractivity contribution in [2.45, 2.75) is 32.7 Å². The lowest BCUT2D eigenvalue weighted by Gasteiger charge is -2.33. The fraction of sp³-hybridized carbons (Fsp3) is 0.333. The maximum Gasteiger partial charge on any atom is 0.244 e. The zero-order valence-corrected chi connectivity index (χ0v) is 15.0. The molecule has 0 saturated heterocycles. The van der Waals surface area contributed by atoms with Gasteiger partial charge in [0, 0.05) is 17.2 Å². The topological polar surface area (TPSA) is 49.4 Å². The Morgan fingerprint density at radius 3 is 2.54 bits per heavy atom. The lowest BCUT2D eigenvalue weighted by molar-refractivity contribution is -0.140. The molecule has 26 heavy (non-hydrogen) atoms. The number of halogens is 1. The van der Waals surface area contributed by atoms with Gasteiger partial charge in [-0.25, -0.2) is 4.39 Å². The molecule has 3 rings (SSSR count). The highest BCUT2D eigenvalue weighted by Gasteiger charge is 2.35. The zero-order chi connectivity index (χ0) is 18.7. The normalized spacial score (nSPS) is 16.8. The van der Waals surface area contributed by atoms with Gasteiger partial charge >= 0.3 is 0 Å². The maximum atomic E-state index is 14.0. The Balaban J connectivity index is 2.17. The number of hydrogen-bond acceptors (Lipinski definition) is 2. The number of benzene rings is 2. The Labute approximate surface area is 153 Å². The average molecular weight is 354 g/mol. The monoisotopic (exact) mass is 354 g/mol. The largest absolute Gasteiger partial charge is 0.324 e. The summed E-state index contributed by atoms with van der Waals surface area (Å²) in [7, 11) is 0. The van der Waals surface area contributed by atoms with Crippen LogP contribution in [0.15, 0.2) is 48.5 Å². The highest BCUT2D eigenvalue weighted by Crippen LogP contribution is 2.37. The third kappa shape index (κ3) is 3.47. The summed E-state index contributed by atoms with van der Waals surface area (Å²) < 4.78 is 14.0. The third-order valence-corrected chi connectivity index (χ3v) is 4.94. The number of carbonyl (C=O) groups excluding carboxylic acids is 2. The molecule has 1 aliphatic heterocycles. The van der Waals surface area contributed by atoms with E-state index in [9.17, 15) is 14.0 Å². The van der Waals surface area contributed by atoms with Crippen molar-refractivity contribution in [3.63, 3.8) is 0 Å². The van der Waals surface area contributed by atoms with E-state index in [2.05, 4.69) is 5.32 Å². The first-order valence-corrected chi connectivity index (χ1v) is 8.99. The first kappa shape index (κ1) is 18.1. The minimum absolute atomic E-state index is 0.0504. The smallest absolute Gasteiger partial charge is 0.244 e. The standard InChI is InChI=1S/C21H23FN2O2/c1-3-14(4-2)21(26)24-13-19(25)23-18-11-10-16(22)12-17(18)20(24)15-8-6-5-7-9-15/h5-12,14,20H,3-4,13H2,1-2H3,(H,23,25)/t20-/m0/s1. The quantitative estimate of drug-likeness (QED) is 0.897. The highest BCUT2D eigenvalue weighted by atomic mass is 19.1. The molecule has 0 bridgehead atoms. The molecule has 4 nitrogen and oxygen atoms in total. The van der Waals surface area contributed by atoms with Crippen molar-refractivity contribution in [2.24, 2.45) is 5.92 Å². The molecule has 0 radical (unpaired) electrons. The summed E-state index contributed by atoms with van der Waals surface area (Å²) in [5.41, 5.74) is 2.00. The van der Waals surface area contributed by atoms with Gasteiger partial charge in [0.1, 0.15) is 12.4 Å². The van der Waals surface area contributed by atoms with E-state index in [-0.39, 0.29) is 24.3 Å². The van der Waals surface area contributed by atoms with Crippen LogP contribution in [0.5, 0.6) is 0 Å². The van der Waals surface area contributed by atoms with Gasteiger partial charge in [0.25, 0.3) is 0 Å². The zero-order valence-electron chi connectivity index (χ0n) is 15.0. The van der Waals surface area contributed by atoms with Crippen molar-refractivity contribution in [2.75, 3.05) is 11.9 Å². The fourth-order valence-corrected chi connectivity index (χ4v) is 3.55. The van der Waals surface area contributed by atoms with Crippen molar-refractivity contribution in [1.82, 2.24) is 4.90 Å². The molecule has 1 heterocycles. The predicted octanol–water partition coefficient (Wildman–Crippen LogP) is 4.13. The summed E-state index contributed by atoms with van der Waals surface area (Å²) in [5.74, 6) is -0.897. The summed E-state index contributed by atoms with van der Waals surface area (Å²) >= 11 is 0. The number of nitrogens with zero attached hydrogens (tertiary/aromatic N) is 1. The third-order valence-electron chi connectivity index (χ3n) is 4.94. The maximum absolute atomic E-state index is 14.0. The number of anilines is 1. The van der Waals surface area contributed by atoms with Gasteiger partial charge in [-0.3, -0.25) is 9.59 Å². The van der Waals surface area contributed by atoms with Gasteiger partial charge in [0.05, 0.1) is 6.04 Å². The van der Waals surface area contributed by atoms with Crippen molar-refractivity contribution in [3.8, 4) is 0 Å². The molecule has 0 saturated carbocycles. The lowest BCUT2D eigenvalue weighted by Crippen LogP contribution is -2.42. The van der Waals surface area contributed by atoms with Gasteiger partial charge in [-0.15, -0.1) is 0 Å². The summed E-state index contributed by atoms with van der Waals surface area (Å²) in [5, 5.41) is 2.81. The van der Waals surface area contributed by atoms with Crippen LogP contribution in [-0.4, -0.2) is 23.3 Å². The number of nitrogens with one attached hydrogen (secondary N) is 1. The van der Waals surface area contributed by atoms with Gasteiger partial charge in [-0.05, 0) is 36.6 Å². The molecule has 5 heteroatoms. The van der Waals surface area contributed by atoms with Crippen molar-refractivity contribution in [1.29, 1.82) is 0 Å². The second kappa shape index (κ2) is 7.68. The van der Waals surface area contributed by atoms with Gasteiger partial charge in [0.15, 0.2) is 0 Å². The molecule has 1 aliphatic rings. The number of hydrogen-bond donors (Lipinski definition) is 1. The first-order valence-electron chi connectivity index (χ1n) is 8.99. The second-order valence-electron chi connectivity index (χ2n) is 6.57. The molecule has 1 N–H and O–H groups in total. The fourth-order valence-electron chi connectivity index (χ4n) is 3.55. The van der Waals surface area contributed by atoms with E-state index < -0.39 is 11.9 Å². The van der Waals surface area contributed by atoms with Gasteiger partial charge < -0.3 is 10.2 Å². The van der Waals surface area contributed by atoms with Crippen LogP contribution in [0.3, 0.4) is 0 Å². The Morgan fingerprint density at radius 1 is 1.19 bits per heavy atom. The highest BCUT2D eigenvalue weighted by molar-refractivity contribution is 5.97. The summed E-state index contributed by atoms with van der Waals surface area (Å²) in [6.45, 7) is 3.88.